The maximum Gasteiger partial charge on any atom is 0.298 e. The van der Waals surface area contributed by atoms with E-state index in [4.69, 9.17) is 9.15 Å². The second kappa shape index (κ2) is 6.92. The molecule has 1 aromatic carbocycles. The van der Waals surface area contributed by atoms with Gasteiger partial charge in [0.1, 0.15) is 11.3 Å². The van der Waals surface area contributed by atoms with Gasteiger partial charge in [0.2, 0.25) is 5.88 Å². The van der Waals surface area contributed by atoms with Gasteiger partial charge in [0.25, 0.3) is 6.01 Å². The molecule has 0 saturated carbocycles. The lowest BCUT2D eigenvalue weighted by Crippen LogP contribution is -2.51. The van der Waals surface area contributed by atoms with Crippen LogP contribution in [0.4, 0.5) is 10.4 Å². The first-order valence-corrected chi connectivity index (χ1v) is 8.66. The Kier molecular flexibility index (Phi) is 4.46. The fourth-order valence-electron chi connectivity index (χ4n) is 3.29. The van der Waals surface area contributed by atoms with E-state index in [1.165, 1.54) is 12.1 Å². The first kappa shape index (κ1) is 16.8. The fraction of sp³-hybridized carbons (Fsp3) is 0.368. The topological polar surface area (TPSA) is 54.6 Å². The molecule has 0 radical (unpaired) electrons. The number of fused-ring (bicyclic) bond motifs is 1. The maximum absolute atomic E-state index is 13.3. The van der Waals surface area contributed by atoms with Crippen molar-refractivity contribution in [2.45, 2.75) is 19.5 Å². The number of pyridine rings is 1. The number of aromatic nitrogens is 2. The molecule has 0 amide bonds. The van der Waals surface area contributed by atoms with Crippen molar-refractivity contribution < 1.29 is 13.5 Å². The highest BCUT2D eigenvalue weighted by atomic mass is 19.1. The van der Waals surface area contributed by atoms with E-state index >= 15 is 0 Å². The van der Waals surface area contributed by atoms with Crippen molar-refractivity contribution in [3.63, 3.8) is 0 Å². The van der Waals surface area contributed by atoms with Crippen molar-refractivity contribution in [1.29, 1.82) is 0 Å². The Labute approximate surface area is 151 Å². The van der Waals surface area contributed by atoms with E-state index in [-0.39, 0.29) is 5.82 Å². The Morgan fingerprint density at radius 2 is 2.15 bits per heavy atom. The van der Waals surface area contributed by atoms with Crippen molar-refractivity contribution >= 4 is 17.1 Å². The lowest BCUT2D eigenvalue weighted by atomic mass is 10.1. The minimum atomic E-state index is -0.313. The number of rotatable bonds is 4. The summed E-state index contributed by atoms with van der Waals surface area (Å²) in [5.74, 6) is 0.311. The Morgan fingerprint density at radius 1 is 1.27 bits per heavy atom. The molecule has 7 heteroatoms. The molecule has 0 spiro atoms. The number of nitrogens with zero attached hydrogens (tertiary/aromatic N) is 4. The molecule has 1 aliphatic heterocycles. The summed E-state index contributed by atoms with van der Waals surface area (Å²) >= 11 is 0. The molecule has 2 aromatic heterocycles. The van der Waals surface area contributed by atoms with E-state index in [9.17, 15) is 4.39 Å². The highest BCUT2D eigenvalue weighted by molar-refractivity contribution is 5.74. The van der Waals surface area contributed by atoms with Crippen molar-refractivity contribution in [1.82, 2.24) is 14.9 Å². The lowest BCUT2D eigenvalue weighted by molar-refractivity contribution is 0.177. The monoisotopic (exact) mass is 356 g/mol. The zero-order valence-corrected chi connectivity index (χ0v) is 14.9. The van der Waals surface area contributed by atoms with E-state index < -0.39 is 0 Å². The highest BCUT2D eigenvalue weighted by Crippen LogP contribution is 2.25. The molecule has 3 heterocycles. The summed E-state index contributed by atoms with van der Waals surface area (Å²) in [6.45, 7) is 5.53. The normalized spacial score (nSPS) is 18.4. The number of piperazine rings is 1. The van der Waals surface area contributed by atoms with E-state index in [1.54, 1.807) is 13.2 Å². The van der Waals surface area contributed by atoms with E-state index in [0.29, 0.717) is 29.0 Å². The molecular formula is C19H21FN4O2. The predicted octanol–water partition coefficient (Wildman–Crippen LogP) is 3.08. The van der Waals surface area contributed by atoms with Gasteiger partial charge in [0.05, 0.1) is 7.11 Å². The molecular weight excluding hydrogens is 335 g/mol. The van der Waals surface area contributed by atoms with Gasteiger partial charge in [-0.25, -0.2) is 9.37 Å². The second-order valence-electron chi connectivity index (χ2n) is 6.58. The van der Waals surface area contributed by atoms with Gasteiger partial charge in [-0.15, -0.1) is 0 Å². The molecule has 136 valence electrons. The second-order valence-corrected chi connectivity index (χ2v) is 6.58. The molecule has 4 rings (SSSR count). The van der Waals surface area contributed by atoms with Gasteiger partial charge in [0.15, 0.2) is 5.58 Å². The van der Waals surface area contributed by atoms with Gasteiger partial charge in [-0.1, -0.05) is 6.07 Å². The standard InChI is InChI=1S/C19H21FN4O2/c1-13-11-24(19-22-16-5-4-15(20)9-17(16)26-19)8-7-23(13)12-14-3-6-18(25-2)21-10-14/h3-6,9-10,13H,7-8,11-12H2,1-2H3. The number of ether oxygens (including phenoxy) is 1. The van der Waals surface area contributed by atoms with E-state index in [1.807, 2.05) is 18.3 Å². The quantitative estimate of drug-likeness (QED) is 0.716. The summed E-state index contributed by atoms with van der Waals surface area (Å²) in [5.41, 5.74) is 2.32. The third kappa shape index (κ3) is 3.35. The van der Waals surface area contributed by atoms with Crippen LogP contribution in [0.1, 0.15) is 12.5 Å². The first-order chi connectivity index (χ1) is 12.6. The smallest absolute Gasteiger partial charge is 0.298 e. The Balaban J connectivity index is 1.43. The van der Waals surface area contributed by atoms with Crippen LogP contribution in [-0.4, -0.2) is 47.7 Å². The van der Waals surface area contributed by atoms with Crippen LogP contribution in [0.25, 0.3) is 11.1 Å². The van der Waals surface area contributed by atoms with Gasteiger partial charge in [-0.05, 0) is 24.6 Å². The largest absolute Gasteiger partial charge is 0.481 e. The molecule has 1 fully saturated rings. The number of hydrogen-bond acceptors (Lipinski definition) is 6. The van der Waals surface area contributed by atoms with Crippen LogP contribution in [0, 0.1) is 5.82 Å². The molecule has 3 aromatic rings. The minimum absolute atomic E-state index is 0.313. The summed E-state index contributed by atoms with van der Waals surface area (Å²) in [7, 11) is 1.61. The van der Waals surface area contributed by atoms with Gasteiger partial charge in [-0.3, -0.25) is 4.90 Å². The van der Waals surface area contributed by atoms with Gasteiger partial charge in [0, 0.05) is 50.6 Å². The van der Waals surface area contributed by atoms with Crippen LogP contribution in [0.5, 0.6) is 5.88 Å². The van der Waals surface area contributed by atoms with Crippen LogP contribution in [-0.2, 0) is 6.54 Å². The number of oxazole rings is 1. The summed E-state index contributed by atoms with van der Waals surface area (Å²) in [5, 5.41) is 0. The van der Waals surface area contributed by atoms with Gasteiger partial charge in [-0.2, -0.15) is 4.98 Å². The third-order valence-electron chi connectivity index (χ3n) is 4.77. The Hall–Kier alpha value is -2.67. The molecule has 1 unspecified atom stereocenters. The molecule has 0 N–H and O–H groups in total. The summed E-state index contributed by atoms with van der Waals surface area (Å²) in [4.78, 5) is 13.3. The molecule has 1 atom stereocenters. The number of halogens is 1. The van der Waals surface area contributed by atoms with E-state index in [0.717, 1.165) is 31.7 Å². The van der Waals surface area contributed by atoms with Gasteiger partial charge < -0.3 is 14.1 Å². The zero-order chi connectivity index (χ0) is 18.1. The van der Waals surface area contributed by atoms with Crippen molar-refractivity contribution in [3.8, 4) is 5.88 Å². The molecule has 0 aliphatic carbocycles. The summed E-state index contributed by atoms with van der Waals surface area (Å²) in [6, 6.07) is 9.24. The number of hydrogen-bond donors (Lipinski definition) is 0. The van der Waals surface area contributed by atoms with Crippen LogP contribution in [0.15, 0.2) is 40.9 Å². The van der Waals surface area contributed by atoms with Crippen molar-refractivity contribution in [2.75, 3.05) is 31.6 Å². The number of benzene rings is 1. The third-order valence-corrected chi connectivity index (χ3v) is 4.77. The van der Waals surface area contributed by atoms with Crippen LogP contribution in [0.2, 0.25) is 0 Å². The summed E-state index contributed by atoms with van der Waals surface area (Å²) in [6.07, 6.45) is 1.85. The van der Waals surface area contributed by atoms with E-state index in [2.05, 4.69) is 26.7 Å². The number of methoxy groups -OCH3 is 1. The molecule has 26 heavy (non-hydrogen) atoms. The SMILES string of the molecule is COc1ccc(CN2CCN(c3nc4ccc(F)cc4o3)CC2C)cn1. The average Bonchev–Trinajstić information content (AvgIpc) is 3.07. The maximum atomic E-state index is 13.3. The predicted molar refractivity (Wildman–Crippen MR) is 96.8 cm³/mol. The van der Waals surface area contributed by atoms with Crippen LogP contribution < -0.4 is 9.64 Å². The molecule has 1 saturated heterocycles. The average molecular weight is 356 g/mol. The fourth-order valence-corrected chi connectivity index (χ4v) is 3.29. The van der Waals surface area contributed by atoms with Crippen LogP contribution in [0.3, 0.4) is 0 Å². The van der Waals surface area contributed by atoms with Gasteiger partial charge >= 0.3 is 0 Å². The molecule has 1 aliphatic rings. The van der Waals surface area contributed by atoms with Crippen LogP contribution >= 0.6 is 0 Å². The minimum Gasteiger partial charge on any atom is -0.481 e. The lowest BCUT2D eigenvalue weighted by Gasteiger charge is -2.39. The zero-order valence-electron chi connectivity index (χ0n) is 14.9. The Bertz CT molecular complexity index is 896. The highest BCUT2D eigenvalue weighted by Gasteiger charge is 2.26. The van der Waals surface area contributed by atoms with Crippen molar-refractivity contribution in [2.24, 2.45) is 0 Å². The summed E-state index contributed by atoms with van der Waals surface area (Å²) < 4.78 is 24.2. The Morgan fingerprint density at radius 3 is 2.88 bits per heavy atom. The number of anilines is 1. The first-order valence-electron chi connectivity index (χ1n) is 8.66. The van der Waals surface area contributed by atoms with Crippen molar-refractivity contribution in [3.05, 3.63) is 47.9 Å². The molecule has 6 nitrogen and oxygen atoms in total. The molecule has 0 bridgehead atoms.